The molecule has 1 heterocycles. The van der Waals surface area contributed by atoms with E-state index in [0.717, 1.165) is 34.0 Å². The molecular weight excluding hydrogens is 334 g/mol. The van der Waals surface area contributed by atoms with Crippen LogP contribution in [0.2, 0.25) is 0 Å². The lowest BCUT2D eigenvalue weighted by molar-refractivity contribution is -0.000124. The van der Waals surface area contributed by atoms with Gasteiger partial charge in [0.1, 0.15) is 0 Å². The Bertz CT molecular complexity index is 364. The van der Waals surface area contributed by atoms with Crippen molar-refractivity contribution in [2.75, 3.05) is 6.61 Å². The Balaban J connectivity index is 2.18. The number of nitrogens with two attached hydrogens (primary N) is 1. The Kier molecular flexibility index (Phi) is 4.41. The first-order chi connectivity index (χ1) is 7.68. The molecule has 2 unspecified atom stereocenters. The first-order valence-electron chi connectivity index (χ1n) is 5.50. The topological polar surface area (TPSA) is 35.2 Å². The van der Waals surface area contributed by atoms with Crippen LogP contribution in [-0.2, 0) is 4.74 Å². The summed E-state index contributed by atoms with van der Waals surface area (Å²) in [6.45, 7) is 0.837. The molecule has 1 aromatic carbocycles. The van der Waals surface area contributed by atoms with Gasteiger partial charge >= 0.3 is 0 Å². The number of rotatable bonds is 2. The van der Waals surface area contributed by atoms with Gasteiger partial charge in [-0.1, -0.05) is 31.9 Å². The van der Waals surface area contributed by atoms with Crippen molar-refractivity contribution >= 4 is 31.9 Å². The highest BCUT2D eigenvalue weighted by atomic mass is 79.9. The molecule has 0 aliphatic carbocycles. The van der Waals surface area contributed by atoms with Crippen molar-refractivity contribution < 1.29 is 4.74 Å². The van der Waals surface area contributed by atoms with Crippen LogP contribution in [0.1, 0.15) is 30.9 Å². The Morgan fingerprint density at radius 3 is 2.81 bits per heavy atom. The molecule has 0 saturated carbocycles. The van der Waals surface area contributed by atoms with Crippen molar-refractivity contribution in [2.24, 2.45) is 5.73 Å². The van der Waals surface area contributed by atoms with Crippen molar-refractivity contribution in [3.8, 4) is 0 Å². The first kappa shape index (κ1) is 12.6. The van der Waals surface area contributed by atoms with Crippen LogP contribution in [0, 0.1) is 0 Å². The third-order valence-corrected chi connectivity index (χ3v) is 4.15. The molecule has 2 nitrogen and oxygen atoms in total. The molecule has 1 saturated heterocycles. The molecule has 1 aliphatic heterocycles. The third-order valence-electron chi connectivity index (χ3n) is 2.93. The second-order valence-corrected chi connectivity index (χ2v) is 5.87. The van der Waals surface area contributed by atoms with E-state index in [4.69, 9.17) is 10.5 Å². The van der Waals surface area contributed by atoms with E-state index in [9.17, 15) is 0 Å². The molecule has 0 spiro atoms. The molecule has 0 aromatic heterocycles. The first-order valence-corrected chi connectivity index (χ1v) is 7.09. The summed E-state index contributed by atoms with van der Waals surface area (Å²) in [4.78, 5) is 0. The summed E-state index contributed by atoms with van der Waals surface area (Å²) < 4.78 is 7.83. The van der Waals surface area contributed by atoms with Gasteiger partial charge in [0.25, 0.3) is 0 Å². The summed E-state index contributed by atoms with van der Waals surface area (Å²) >= 11 is 7.01. The van der Waals surface area contributed by atoms with Gasteiger partial charge in [-0.3, -0.25) is 0 Å². The predicted octanol–water partition coefficient (Wildman–Crippen LogP) is 3.78. The number of hydrogen-bond acceptors (Lipinski definition) is 2. The van der Waals surface area contributed by atoms with Crippen LogP contribution in [0.25, 0.3) is 0 Å². The van der Waals surface area contributed by atoms with Gasteiger partial charge in [0, 0.05) is 15.6 Å². The SMILES string of the molecule is NC(c1cc(Br)ccc1Br)C1CCCCO1. The molecule has 0 bridgehead atoms. The Hall–Kier alpha value is 0.1000. The smallest absolute Gasteiger partial charge is 0.0768 e. The lowest BCUT2D eigenvalue weighted by Gasteiger charge is -2.28. The van der Waals surface area contributed by atoms with E-state index in [1.165, 1.54) is 6.42 Å². The van der Waals surface area contributed by atoms with Crippen LogP contribution in [0.15, 0.2) is 27.1 Å². The fourth-order valence-electron chi connectivity index (χ4n) is 2.02. The Labute approximate surface area is 113 Å². The molecule has 1 fully saturated rings. The highest BCUT2D eigenvalue weighted by molar-refractivity contribution is 9.11. The van der Waals surface area contributed by atoms with Gasteiger partial charge < -0.3 is 10.5 Å². The molecule has 1 aliphatic rings. The quantitative estimate of drug-likeness (QED) is 0.882. The maximum Gasteiger partial charge on any atom is 0.0768 e. The molecule has 16 heavy (non-hydrogen) atoms. The zero-order valence-electron chi connectivity index (χ0n) is 8.96. The van der Waals surface area contributed by atoms with Crippen molar-refractivity contribution in [1.29, 1.82) is 0 Å². The van der Waals surface area contributed by atoms with E-state index in [2.05, 4.69) is 37.9 Å². The molecular formula is C12H15Br2NO. The minimum atomic E-state index is -0.0489. The largest absolute Gasteiger partial charge is 0.376 e. The summed E-state index contributed by atoms with van der Waals surface area (Å²) in [6, 6.07) is 6.03. The standard InChI is InChI=1S/C12H15Br2NO/c13-8-4-5-10(14)9(7-8)12(15)11-3-1-2-6-16-11/h4-5,7,11-12H,1-3,6,15H2. The lowest BCUT2D eigenvalue weighted by atomic mass is 9.97. The molecule has 2 N–H and O–H groups in total. The molecule has 1 aromatic rings. The molecule has 4 heteroatoms. The Morgan fingerprint density at radius 2 is 2.12 bits per heavy atom. The molecule has 0 radical (unpaired) electrons. The van der Waals surface area contributed by atoms with Gasteiger partial charge in [0.2, 0.25) is 0 Å². The minimum Gasteiger partial charge on any atom is -0.376 e. The summed E-state index contributed by atoms with van der Waals surface area (Å²) in [5, 5.41) is 0. The summed E-state index contributed by atoms with van der Waals surface area (Å²) in [5.74, 6) is 0. The van der Waals surface area contributed by atoms with Crippen LogP contribution < -0.4 is 5.73 Å². The van der Waals surface area contributed by atoms with Crippen molar-refractivity contribution in [2.45, 2.75) is 31.4 Å². The number of ether oxygens (including phenoxy) is 1. The predicted molar refractivity (Wildman–Crippen MR) is 72.4 cm³/mol. The van der Waals surface area contributed by atoms with Gasteiger partial charge in [-0.25, -0.2) is 0 Å². The molecule has 2 atom stereocenters. The normalized spacial score (nSPS) is 23.1. The average molecular weight is 349 g/mol. The second-order valence-electron chi connectivity index (χ2n) is 4.10. The van der Waals surface area contributed by atoms with Crippen LogP contribution in [-0.4, -0.2) is 12.7 Å². The van der Waals surface area contributed by atoms with E-state index in [1.54, 1.807) is 0 Å². The van der Waals surface area contributed by atoms with E-state index in [-0.39, 0.29) is 12.1 Å². The van der Waals surface area contributed by atoms with E-state index in [0.29, 0.717) is 0 Å². The maximum absolute atomic E-state index is 6.26. The number of hydrogen-bond donors (Lipinski definition) is 1. The maximum atomic E-state index is 6.26. The Morgan fingerprint density at radius 1 is 1.31 bits per heavy atom. The highest BCUT2D eigenvalue weighted by Crippen LogP contribution is 2.31. The van der Waals surface area contributed by atoms with Crippen LogP contribution >= 0.6 is 31.9 Å². The molecule has 0 amide bonds. The van der Waals surface area contributed by atoms with Crippen LogP contribution in [0.4, 0.5) is 0 Å². The fourth-order valence-corrected chi connectivity index (χ4v) is 2.91. The van der Waals surface area contributed by atoms with E-state index in [1.807, 2.05) is 12.1 Å². The molecule has 88 valence electrons. The van der Waals surface area contributed by atoms with Crippen molar-refractivity contribution in [1.82, 2.24) is 0 Å². The van der Waals surface area contributed by atoms with Gasteiger partial charge in [-0.2, -0.15) is 0 Å². The molecule has 2 rings (SSSR count). The van der Waals surface area contributed by atoms with Gasteiger partial charge in [-0.05, 0) is 43.0 Å². The monoisotopic (exact) mass is 347 g/mol. The summed E-state index contributed by atoms with van der Waals surface area (Å²) in [5.41, 5.74) is 7.38. The van der Waals surface area contributed by atoms with Crippen molar-refractivity contribution in [3.63, 3.8) is 0 Å². The minimum absolute atomic E-state index is 0.0489. The zero-order chi connectivity index (χ0) is 11.5. The van der Waals surface area contributed by atoms with Crippen LogP contribution in [0.5, 0.6) is 0 Å². The van der Waals surface area contributed by atoms with Gasteiger partial charge in [0.15, 0.2) is 0 Å². The fraction of sp³-hybridized carbons (Fsp3) is 0.500. The lowest BCUT2D eigenvalue weighted by Crippen LogP contribution is -2.32. The van der Waals surface area contributed by atoms with E-state index >= 15 is 0 Å². The summed E-state index contributed by atoms with van der Waals surface area (Å²) in [7, 11) is 0. The number of benzene rings is 1. The van der Waals surface area contributed by atoms with Gasteiger partial charge in [-0.15, -0.1) is 0 Å². The van der Waals surface area contributed by atoms with Gasteiger partial charge in [0.05, 0.1) is 12.1 Å². The third kappa shape index (κ3) is 2.86. The van der Waals surface area contributed by atoms with Crippen molar-refractivity contribution in [3.05, 3.63) is 32.7 Å². The van der Waals surface area contributed by atoms with E-state index < -0.39 is 0 Å². The summed E-state index contributed by atoms with van der Waals surface area (Å²) in [6.07, 6.45) is 3.58. The second kappa shape index (κ2) is 5.63. The zero-order valence-corrected chi connectivity index (χ0v) is 12.1. The highest BCUT2D eigenvalue weighted by Gasteiger charge is 2.24. The number of halogens is 2. The average Bonchev–Trinajstić information content (AvgIpc) is 2.32. The van der Waals surface area contributed by atoms with Crippen LogP contribution in [0.3, 0.4) is 0 Å².